The third kappa shape index (κ3) is 21.4. The molecule has 2 saturated heterocycles. The first-order valence-electron chi connectivity index (χ1n) is 35.2. The number of hydrogen-bond donors (Lipinski definition) is 0. The molecule has 2 heterocycles. The zero-order chi connectivity index (χ0) is 74.2. The minimum absolute atomic E-state index is 0.277. The van der Waals surface area contributed by atoms with Crippen molar-refractivity contribution in [2.45, 2.75) is 130 Å². The van der Waals surface area contributed by atoms with Crippen LogP contribution in [0, 0.1) is 5.82 Å². The maximum Gasteiger partial charge on any atom is 0.494 e. The van der Waals surface area contributed by atoms with Gasteiger partial charge in [0, 0.05) is 78.0 Å². The highest BCUT2D eigenvalue weighted by atomic mass is 79.9. The van der Waals surface area contributed by atoms with Crippen molar-refractivity contribution < 1.29 is 23.0 Å². The molecular weight excluding hydrogens is 1680 g/mol. The Kier molecular flexibility index (Phi) is 28.2. The number of halogens is 7. The summed E-state index contributed by atoms with van der Waals surface area (Å²) < 4.78 is 45.2. The Balaban J connectivity index is 0.000000170. The van der Waals surface area contributed by atoms with E-state index in [2.05, 4.69) is 294 Å². The molecule has 0 N–H and O–H groups in total. The number of nitrogens with zero attached hydrogens (tertiary/aromatic N) is 3. The van der Waals surface area contributed by atoms with Crippen molar-refractivity contribution in [3.8, 4) is 11.1 Å². The maximum atomic E-state index is 13.8. The number of unbranched alkanes of at least 4 members (excludes halogenated alkanes) is 5. The monoisotopic (exact) mass is 1770 g/mol. The van der Waals surface area contributed by atoms with E-state index in [9.17, 15) is 4.39 Å². The van der Waals surface area contributed by atoms with Crippen molar-refractivity contribution in [1.29, 1.82) is 0 Å². The molecule has 0 unspecified atom stereocenters. The summed E-state index contributed by atoms with van der Waals surface area (Å²) in [6.45, 7) is 22.3. The van der Waals surface area contributed by atoms with Gasteiger partial charge in [0.2, 0.25) is 0 Å². The van der Waals surface area contributed by atoms with Gasteiger partial charge in [0.05, 0.1) is 22.4 Å². The molecule has 0 amide bonds. The van der Waals surface area contributed by atoms with E-state index in [1.807, 2.05) is 134 Å². The lowest BCUT2D eigenvalue weighted by Gasteiger charge is -2.32. The minimum Gasteiger partial charge on any atom is -0.399 e. The highest BCUT2D eigenvalue weighted by molar-refractivity contribution is 9.11. The van der Waals surface area contributed by atoms with Gasteiger partial charge in [-0.3, -0.25) is 0 Å². The molecule has 0 radical (unpaired) electrons. The van der Waals surface area contributed by atoms with Crippen LogP contribution in [0.3, 0.4) is 0 Å². The second-order valence-corrected chi connectivity index (χ2v) is 33.2. The van der Waals surface area contributed by atoms with Crippen molar-refractivity contribution in [3.05, 3.63) is 317 Å². The van der Waals surface area contributed by atoms with Gasteiger partial charge in [-0.05, 0) is 296 Å². The molecule has 16 heteroatoms. The Morgan fingerprint density at radius 3 is 0.827 bits per heavy atom. The topological polar surface area (TPSA) is 46.6 Å². The van der Waals surface area contributed by atoms with Crippen molar-refractivity contribution in [3.63, 3.8) is 0 Å². The van der Waals surface area contributed by atoms with Crippen molar-refractivity contribution >= 4 is 178 Å². The number of rotatable bonds is 20. The highest BCUT2D eigenvalue weighted by Crippen LogP contribution is 2.42. The van der Waals surface area contributed by atoms with E-state index in [0.29, 0.717) is 0 Å². The first-order chi connectivity index (χ1) is 49.8. The number of benzene rings is 11. The van der Waals surface area contributed by atoms with Crippen LogP contribution in [0.4, 0.5) is 55.6 Å². The molecule has 13 rings (SSSR count). The lowest BCUT2D eigenvalue weighted by molar-refractivity contribution is 0.00578. The molecule has 0 atom stereocenters. The van der Waals surface area contributed by atoms with Gasteiger partial charge >= 0.3 is 14.2 Å². The summed E-state index contributed by atoms with van der Waals surface area (Å²) in [6.07, 6.45) is 11.3. The molecule has 7 nitrogen and oxygen atoms in total. The fourth-order valence-corrected chi connectivity index (χ4v) is 13.4. The molecule has 11 aromatic carbocycles. The third-order valence-corrected chi connectivity index (χ3v) is 22.4. The average Bonchev–Trinajstić information content (AvgIpc) is 1.60. The van der Waals surface area contributed by atoms with Crippen LogP contribution in [-0.4, -0.2) is 36.6 Å². The molecule has 2 aliphatic heterocycles. The predicted molar refractivity (Wildman–Crippen MR) is 460 cm³/mol. The molecule has 534 valence electrons. The van der Waals surface area contributed by atoms with E-state index < -0.39 is 36.6 Å². The molecule has 0 aromatic heterocycles. The van der Waals surface area contributed by atoms with Crippen LogP contribution >= 0.6 is 95.6 Å². The molecule has 104 heavy (non-hydrogen) atoms. The van der Waals surface area contributed by atoms with Crippen LogP contribution < -0.4 is 25.6 Å². The summed E-state index contributed by atoms with van der Waals surface area (Å²) >= 11 is 21.1. The van der Waals surface area contributed by atoms with Gasteiger partial charge in [-0.15, -0.1) is 0 Å². The molecule has 0 aliphatic carbocycles. The van der Waals surface area contributed by atoms with Gasteiger partial charge < -0.3 is 33.3 Å². The molecule has 0 spiro atoms. The Hall–Kier alpha value is -6.66. The van der Waals surface area contributed by atoms with Gasteiger partial charge in [0.15, 0.2) is 0 Å². The van der Waals surface area contributed by atoms with Crippen LogP contribution in [0.5, 0.6) is 0 Å². The first-order valence-corrected chi connectivity index (χ1v) is 40.0. The molecule has 2 aliphatic rings. The second kappa shape index (κ2) is 36.8. The molecule has 0 bridgehead atoms. The average molecular weight is 1770 g/mol. The molecule has 0 saturated carbocycles. The van der Waals surface area contributed by atoms with Crippen molar-refractivity contribution in [1.82, 2.24) is 0 Å². The Labute approximate surface area is 667 Å². The summed E-state index contributed by atoms with van der Waals surface area (Å²) in [5.74, 6) is -0.277. The Morgan fingerprint density at radius 2 is 0.548 bits per heavy atom. The largest absolute Gasteiger partial charge is 0.494 e. The molecule has 11 aromatic rings. The Morgan fingerprint density at radius 1 is 0.317 bits per heavy atom. The number of aryl methyl sites for hydroxylation is 1. The Bertz CT molecular complexity index is 4160. The predicted octanol–water partition coefficient (Wildman–Crippen LogP) is 27.7. The van der Waals surface area contributed by atoms with Crippen molar-refractivity contribution in [2.75, 3.05) is 14.7 Å². The van der Waals surface area contributed by atoms with E-state index >= 15 is 0 Å². The lowest BCUT2D eigenvalue weighted by Crippen LogP contribution is -2.41. The zero-order valence-electron chi connectivity index (χ0n) is 60.4. The normalized spacial score (nSPS) is 14.4. The number of anilines is 9. The van der Waals surface area contributed by atoms with Crippen LogP contribution in [0.2, 0.25) is 0 Å². The quantitative estimate of drug-likeness (QED) is 0.0557. The van der Waals surface area contributed by atoms with Gasteiger partial charge in [0.1, 0.15) is 5.82 Å². The summed E-state index contributed by atoms with van der Waals surface area (Å²) in [5, 5.41) is 0. The van der Waals surface area contributed by atoms with Crippen LogP contribution in [0.25, 0.3) is 17.2 Å². The molecule has 2 fully saturated rings. The van der Waals surface area contributed by atoms with E-state index in [1.165, 1.54) is 67.1 Å². The lowest BCUT2D eigenvalue weighted by atomic mass is 9.79. The van der Waals surface area contributed by atoms with Crippen LogP contribution in [-0.2, 0) is 25.0 Å². The molecular formula is C88H88B2Br6FN3O4. The first kappa shape index (κ1) is 79.9. The van der Waals surface area contributed by atoms with Gasteiger partial charge in [-0.2, -0.15) is 0 Å². The standard InChI is InChI=1S/C36H24Br4N2.C30H36B2FNO4.C14H21Br.C8H7Br/c37-27-5-17-33(18-6-27)41(34-19-7-28(38)8-20-34)31-13-1-25(2-14-31)26-3-15-32(16-4-26)42(35-21-9-29(39)10-22-35)36-23-11-30(40)12-24-36;1-27(2)28(3,4)36-31(35-27)21-9-15-24(16-10-21)34(26-19-13-23(33)14-20-26)25-17-11-22(12-18-25)32-37-29(5,6)30(7,8)38-32;1-2-3-4-5-6-7-8-13-9-11-14(15)12-10-13;1-2-7-3-5-8(9)6-4-7/h1-24H;9-20H,1-8H3;9-12H,2-8H2,1H3;2-6H,1H2. The van der Waals surface area contributed by atoms with Gasteiger partial charge in [0.25, 0.3) is 0 Å². The van der Waals surface area contributed by atoms with E-state index in [0.717, 1.165) is 101 Å². The fraction of sp³-hybridized carbons (Fsp3) is 0.227. The third-order valence-electron chi connectivity index (χ3n) is 19.2. The summed E-state index contributed by atoms with van der Waals surface area (Å²) in [4.78, 5) is 6.61. The van der Waals surface area contributed by atoms with Crippen LogP contribution in [0.15, 0.2) is 300 Å². The summed E-state index contributed by atoms with van der Waals surface area (Å²) in [5.41, 5.74) is 14.5. The summed E-state index contributed by atoms with van der Waals surface area (Å²) in [6, 6.07) is 90.5. The minimum atomic E-state index is -0.437. The van der Waals surface area contributed by atoms with E-state index in [1.54, 1.807) is 12.1 Å². The van der Waals surface area contributed by atoms with Crippen LogP contribution in [0.1, 0.15) is 112 Å². The highest BCUT2D eigenvalue weighted by Gasteiger charge is 2.53. The summed E-state index contributed by atoms with van der Waals surface area (Å²) in [7, 11) is -0.875. The second-order valence-electron chi connectivity index (χ2n) is 27.7. The maximum absolute atomic E-state index is 13.8. The SMILES string of the molecule is Brc1ccc(N(c2ccc(Br)cc2)c2ccc(-c3ccc(N(c4ccc(Br)cc4)c4ccc(Br)cc4)cc3)cc2)cc1.C=Cc1ccc(Br)cc1.CC1(C)OB(c2ccc(N(c3ccc(F)cc3)c3ccc(B4OC(C)(C)C(C)(C)O4)cc3)cc2)OC1(C)C.CCCCCCCCc1ccc(Br)cc1. The number of hydrogen-bond acceptors (Lipinski definition) is 7. The van der Waals surface area contributed by atoms with Crippen molar-refractivity contribution in [2.24, 2.45) is 0 Å². The van der Waals surface area contributed by atoms with Gasteiger partial charge in [-0.25, -0.2) is 4.39 Å². The van der Waals surface area contributed by atoms with E-state index in [-0.39, 0.29) is 5.82 Å². The smallest absolute Gasteiger partial charge is 0.399 e. The fourth-order valence-electron chi connectivity index (χ4n) is 11.8. The van der Waals surface area contributed by atoms with Gasteiger partial charge in [-0.1, -0.05) is 220 Å². The van der Waals surface area contributed by atoms with E-state index in [4.69, 9.17) is 18.6 Å². The zero-order valence-corrected chi connectivity index (χ0v) is 69.9.